The van der Waals surface area contributed by atoms with Crippen molar-refractivity contribution >= 4 is 0 Å². The zero-order valence-corrected chi connectivity index (χ0v) is 7.95. The summed E-state index contributed by atoms with van der Waals surface area (Å²) in [5.74, 6) is 0. The van der Waals surface area contributed by atoms with Crippen LogP contribution >= 0.6 is 0 Å². The van der Waals surface area contributed by atoms with Gasteiger partial charge >= 0.3 is 0 Å². The van der Waals surface area contributed by atoms with Crippen LogP contribution in [0.4, 0.5) is 0 Å². The third-order valence-corrected chi connectivity index (χ3v) is 2.14. The van der Waals surface area contributed by atoms with Crippen LogP contribution in [0.3, 0.4) is 0 Å². The van der Waals surface area contributed by atoms with E-state index in [1.54, 1.807) is 12.1 Å². The van der Waals surface area contributed by atoms with E-state index in [0.717, 1.165) is 0 Å². The summed E-state index contributed by atoms with van der Waals surface area (Å²) in [5.41, 5.74) is 0.902. The molecule has 0 aliphatic carbocycles. The highest BCUT2D eigenvalue weighted by Gasteiger charge is 2.18. The minimum atomic E-state index is -0.933. The van der Waals surface area contributed by atoms with E-state index < -0.39 is 6.10 Å². The first-order valence-electron chi connectivity index (χ1n) is 4.55. The topological polar surface area (TPSA) is 60.1 Å². The van der Waals surface area contributed by atoms with Crippen molar-refractivity contribution in [1.82, 2.24) is 4.98 Å². The molecule has 0 amide bonds. The van der Waals surface area contributed by atoms with Gasteiger partial charge in [0.2, 0.25) is 5.69 Å². The highest BCUT2D eigenvalue weighted by atomic mass is 16.5. The lowest BCUT2D eigenvalue weighted by Crippen LogP contribution is -2.33. The molecule has 2 aromatic rings. The minimum absolute atomic E-state index is 0.226. The normalized spacial score (nSPS) is 12.3. The van der Waals surface area contributed by atoms with E-state index in [1.165, 1.54) is 18.6 Å². The lowest BCUT2D eigenvalue weighted by Gasteiger charge is -2.09. The Morgan fingerprint density at radius 3 is 2.67 bits per heavy atom. The van der Waals surface area contributed by atoms with E-state index in [1.807, 2.05) is 18.2 Å². The van der Waals surface area contributed by atoms with Gasteiger partial charge in [-0.15, -0.1) is 0 Å². The molecule has 15 heavy (non-hydrogen) atoms. The van der Waals surface area contributed by atoms with Gasteiger partial charge in [0.25, 0.3) is 0 Å². The molecule has 1 heterocycles. The Bertz CT molecular complexity index is 445. The lowest BCUT2D eigenvalue weighted by molar-refractivity contribution is -0.618. The van der Waals surface area contributed by atoms with Crippen molar-refractivity contribution < 1.29 is 9.84 Å². The molecule has 0 aliphatic rings. The number of nitrogens with zero attached hydrogens (tertiary/aromatic N) is 2. The number of aromatic nitrogens is 2. The smallest absolute Gasteiger partial charge is 0.244 e. The van der Waals surface area contributed by atoms with Crippen molar-refractivity contribution in [2.45, 2.75) is 6.10 Å². The van der Waals surface area contributed by atoms with E-state index >= 15 is 0 Å². The monoisotopic (exact) mass is 202 g/mol. The van der Waals surface area contributed by atoms with Gasteiger partial charge in [0, 0.05) is 0 Å². The van der Waals surface area contributed by atoms with E-state index in [9.17, 15) is 10.3 Å². The van der Waals surface area contributed by atoms with Gasteiger partial charge in [-0.3, -0.25) is 4.98 Å². The standard InChI is InChI=1S/C11H10N2O2/c14-11(9-4-2-1-3-5-9)10-8-12-6-7-13(10)15/h1-8,11,14H. The Balaban J connectivity index is 2.37. The zero-order chi connectivity index (χ0) is 10.7. The number of hydrogen-bond acceptors (Lipinski definition) is 3. The van der Waals surface area contributed by atoms with Crippen LogP contribution in [0.15, 0.2) is 48.9 Å². The van der Waals surface area contributed by atoms with Gasteiger partial charge in [0.05, 0.1) is 12.4 Å². The molecule has 0 saturated carbocycles. The second kappa shape index (κ2) is 4.06. The van der Waals surface area contributed by atoms with Gasteiger partial charge in [-0.1, -0.05) is 30.3 Å². The van der Waals surface area contributed by atoms with E-state index in [0.29, 0.717) is 10.3 Å². The summed E-state index contributed by atoms with van der Waals surface area (Å²) in [6, 6.07) is 8.99. The second-order valence-electron chi connectivity index (χ2n) is 3.14. The summed E-state index contributed by atoms with van der Waals surface area (Å²) in [6.07, 6.45) is 3.08. The van der Waals surface area contributed by atoms with Crippen LogP contribution in [0.1, 0.15) is 17.4 Å². The van der Waals surface area contributed by atoms with Crippen LogP contribution in [-0.2, 0) is 0 Å². The lowest BCUT2D eigenvalue weighted by atomic mass is 10.1. The van der Waals surface area contributed by atoms with Gasteiger partial charge < -0.3 is 10.3 Å². The van der Waals surface area contributed by atoms with Crippen LogP contribution in [-0.4, -0.2) is 10.1 Å². The summed E-state index contributed by atoms with van der Waals surface area (Å²) in [7, 11) is 0. The first-order valence-corrected chi connectivity index (χ1v) is 4.55. The molecule has 1 atom stereocenters. The molecule has 76 valence electrons. The number of rotatable bonds is 2. The van der Waals surface area contributed by atoms with Crippen molar-refractivity contribution in [2.24, 2.45) is 0 Å². The molecular formula is C11H10N2O2. The molecule has 2 rings (SSSR count). The zero-order valence-electron chi connectivity index (χ0n) is 7.95. The van der Waals surface area contributed by atoms with Crippen LogP contribution in [0, 0.1) is 5.21 Å². The van der Waals surface area contributed by atoms with Crippen molar-refractivity contribution in [3.05, 3.63) is 65.4 Å². The van der Waals surface area contributed by atoms with Crippen molar-refractivity contribution in [3.8, 4) is 0 Å². The van der Waals surface area contributed by atoms with Gasteiger partial charge in [-0.25, -0.2) is 0 Å². The molecule has 4 nitrogen and oxygen atoms in total. The average Bonchev–Trinajstić information content (AvgIpc) is 2.30. The highest BCUT2D eigenvalue weighted by molar-refractivity contribution is 5.22. The Morgan fingerprint density at radius 1 is 1.27 bits per heavy atom. The molecule has 1 aromatic carbocycles. The average molecular weight is 202 g/mol. The third-order valence-electron chi connectivity index (χ3n) is 2.14. The molecule has 0 fully saturated rings. The predicted molar refractivity (Wildman–Crippen MR) is 53.7 cm³/mol. The molecule has 0 bridgehead atoms. The van der Waals surface area contributed by atoms with E-state index in [-0.39, 0.29) is 5.69 Å². The summed E-state index contributed by atoms with van der Waals surface area (Å²) in [6.45, 7) is 0. The number of aliphatic hydroxyl groups is 1. The van der Waals surface area contributed by atoms with Crippen molar-refractivity contribution in [2.75, 3.05) is 0 Å². The maximum Gasteiger partial charge on any atom is 0.244 e. The van der Waals surface area contributed by atoms with Crippen LogP contribution in [0.2, 0.25) is 0 Å². The Hall–Kier alpha value is -1.94. The predicted octanol–water partition coefficient (Wildman–Crippen LogP) is 0.797. The largest absolute Gasteiger partial charge is 0.618 e. The van der Waals surface area contributed by atoms with Gasteiger partial charge in [0.1, 0.15) is 0 Å². The fraction of sp³-hybridized carbons (Fsp3) is 0.0909. The van der Waals surface area contributed by atoms with Gasteiger partial charge in [0.15, 0.2) is 12.3 Å². The number of hydrogen-bond donors (Lipinski definition) is 1. The molecule has 1 unspecified atom stereocenters. The van der Waals surface area contributed by atoms with Crippen LogP contribution < -0.4 is 4.73 Å². The molecule has 0 saturated heterocycles. The first-order chi connectivity index (χ1) is 7.29. The Morgan fingerprint density at radius 2 is 2.00 bits per heavy atom. The van der Waals surface area contributed by atoms with Crippen LogP contribution in [0.5, 0.6) is 0 Å². The number of benzene rings is 1. The van der Waals surface area contributed by atoms with E-state index in [2.05, 4.69) is 4.98 Å². The maximum absolute atomic E-state index is 11.4. The molecule has 1 N–H and O–H groups in total. The quantitative estimate of drug-likeness (QED) is 0.578. The van der Waals surface area contributed by atoms with Gasteiger partial charge in [-0.05, 0) is 5.56 Å². The third kappa shape index (κ3) is 1.94. The van der Waals surface area contributed by atoms with Crippen molar-refractivity contribution in [1.29, 1.82) is 0 Å². The Kier molecular flexibility index (Phi) is 2.60. The summed E-state index contributed by atoms with van der Waals surface area (Å²) < 4.78 is 0.616. The highest BCUT2D eigenvalue weighted by Crippen LogP contribution is 2.17. The van der Waals surface area contributed by atoms with E-state index in [4.69, 9.17) is 0 Å². The maximum atomic E-state index is 11.4. The summed E-state index contributed by atoms with van der Waals surface area (Å²) in [5, 5.41) is 21.3. The number of aliphatic hydroxyl groups excluding tert-OH is 1. The van der Waals surface area contributed by atoms with Gasteiger partial charge in [-0.2, -0.15) is 4.73 Å². The Labute approximate surface area is 87.0 Å². The summed E-state index contributed by atoms with van der Waals surface area (Å²) >= 11 is 0. The minimum Gasteiger partial charge on any atom is -0.618 e. The SMILES string of the molecule is [O-][n+]1ccncc1C(O)c1ccccc1. The molecule has 4 heteroatoms. The fourth-order valence-electron chi connectivity index (χ4n) is 1.36. The summed E-state index contributed by atoms with van der Waals surface area (Å²) in [4.78, 5) is 3.81. The fourth-order valence-corrected chi connectivity index (χ4v) is 1.36. The first kappa shape index (κ1) is 9.61. The molecule has 1 aromatic heterocycles. The van der Waals surface area contributed by atoms with Crippen molar-refractivity contribution in [3.63, 3.8) is 0 Å². The molecule has 0 aliphatic heterocycles. The van der Waals surface area contributed by atoms with Crippen LogP contribution in [0.25, 0.3) is 0 Å². The second-order valence-corrected chi connectivity index (χ2v) is 3.14. The molecule has 0 spiro atoms. The molecular weight excluding hydrogens is 192 g/mol. The molecule has 0 radical (unpaired) electrons.